The summed E-state index contributed by atoms with van der Waals surface area (Å²) in [5.41, 5.74) is 2.25. The molecule has 3 N–H and O–H groups in total. The third-order valence-electron chi connectivity index (χ3n) is 6.98. The van der Waals surface area contributed by atoms with E-state index < -0.39 is 11.5 Å². The average molecular weight is 590 g/mol. The van der Waals surface area contributed by atoms with E-state index in [1.54, 1.807) is 12.1 Å². The zero-order chi connectivity index (χ0) is 24.7. The molecule has 1 aromatic heterocycles. The molecule has 0 spiro atoms. The number of hydrogen-bond acceptors (Lipinski definition) is 3. The van der Waals surface area contributed by atoms with Crippen molar-refractivity contribution in [3.05, 3.63) is 115 Å². The van der Waals surface area contributed by atoms with E-state index in [4.69, 9.17) is 11.6 Å². The monoisotopic (exact) mass is 588 g/mol. The summed E-state index contributed by atoms with van der Waals surface area (Å²) in [7, 11) is 0. The number of H-pyrrole nitrogens is 1. The molecule has 5 rings (SSSR count). The quantitative estimate of drug-likeness (QED) is 0.255. The van der Waals surface area contributed by atoms with Crippen molar-refractivity contribution < 1.29 is 9.50 Å². The number of aliphatic hydroxyl groups is 1. The molecule has 2 heterocycles. The maximum Gasteiger partial charge on any atom is 0.252 e. The van der Waals surface area contributed by atoms with E-state index in [0.29, 0.717) is 30.0 Å². The van der Waals surface area contributed by atoms with Crippen LogP contribution in [0.1, 0.15) is 47.1 Å². The van der Waals surface area contributed by atoms with Crippen molar-refractivity contribution in [2.75, 3.05) is 6.54 Å². The zero-order valence-corrected chi connectivity index (χ0v) is 23.0. The second-order valence-electron chi connectivity index (χ2n) is 9.34. The summed E-state index contributed by atoms with van der Waals surface area (Å²) in [6.07, 6.45) is 0.795. The van der Waals surface area contributed by atoms with Gasteiger partial charge in [0.15, 0.2) is 0 Å². The van der Waals surface area contributed by atoms with Crippen molar-refractivity contribution in [2.45, 2.75) is 37.3 Å². The summed E-state index contributed by atoms with van der Waals surface area (Å²) in [5, 5.41) is 17.1. The van der Waals surface area contributed by atoms with Crippen LogP contribution in [0, 0.1) is 12.7 Å². The van der Waals surface area contributed by atoms with Crippen LogP contribution in [-0.4, -0.2) is 22.2 Å². The molecule has 0 radical (unpaired) electrons. The Morgan fingerprint density at radius 1 is 1.14 bits per heavy atom. The van der Waals surface area contributed by atoms with Gasteiger partial charge >= 0.3 is 0 Å². The van der Waals surface area contributed by atoms with E-state index >= 15 is 0 Å². The van der Waals surface area contributed by atoms with Crippen LogP contribution in [0.3, 0.4) is 0 Å². The van der Waals surface area contributed by atoms with Gasteiger partial charge in [-0.3, -0.25) is 4.79 Å². The molecule has 0 saturated carbocycles. The Hall–Kier alpha value is -2.16. The van der Waals surface area contributed by atoms with Crippen molar-refractivity contribution in [1.82, 2.24) is 10.3 Å². The Bertz CT molecular complexity index is 1480. The molecule has 1 aliphatic heterocycles. The Balaban J connectivity index is 0.00000304. The maximum atomic E-state index is 13.8. The number of pyridine rings is 1. The molecule has 1 fully saturated rings. The van der Waals surface area contributed by atoms with Crippen LogP contribution in [0.25, 0.3) is 10.9 Å². The van der Waals surface area contributed by atoms with Crippen LogP contribution < -0.4 is 10.9 Å². The van der Waals surface area contributed by atoms with Crippen LogP contribution in [-0.2, 0) is 0 Å². The minimum absolute atomic E-state index is 0. The highest BCUT2D eigenvalue weighted by Crippen LogP contribution is 2.44. The topological polar surface area (TPSA) is 65.1 Å². The highest BCUT2D eigenvalue weighted by molar-refractivity contribution is 9.10. The standard InChI is InChI=1S/C28H25BrClFN2O2.H2S/c1-16-11-21(31)6-7-22(16)25-15-28(35,9-10-32-25)26(17-3-2-4-20(30)13-17)23-14-18-12-19(29)5-8-24(18)33-27(23)34;/h2-8,11-14,25-26,32,35H,9-10,15H2,1H3,(H,33,34);1H2. The number of rotatable bonds is 4. The van der Waals surface area contributed by atoms with Crippen LogP contribution in [0.5, 0.6) is 0 Å². The molecule has 1 saturated heterocycles. The Labute approximate surface area is 229 Å². The first-order chi connectivity index (χ1) is 16.7. The minimum Gasteiger partial charge on any atom is -0.389 e. The minimum atomic E-state index is -1.24. The second kappa shape index (κ2) is 10.7. The number of hydrogen-bond donors (Lipinski definition) is 3. The van der Waals surface area contributed by atoms with E-state index in [9.17, 15) is 14.3 Å². The Morgan fingerprint density at radius 2 is 1.94 bits per heavy atom. The second-order valence-corrected chi connectivity index (χ2v) is 10.7. The number of fused-ring (bicyclic) bond motifs is 1. The molecule has 0 bridgehead atoms. The lowest BCUT2D eigenvalue weighted by molar-refractivity contribution is -0.0194. The van der Waals surface area contributed by atoms with Gasteiger partial charge in [0, 0.05) is 32.5 Å². The van der Waals surface area contributed by atoms with Gasteiger partial charge in [0.2, 0.25) is 0 Å². The van der Waals surface area contributed by atoms with E-state index in [2.05, 4.69) is 26.2 Å². The molecule has 0 amide bonds. The summed E-state index contributed by atoms with van der Waals surface area (Å²) in [6.45, 7) is 2.42. The molecule has 3 unspecified atom stereocenters. The molecule has 1 aliphatic rings. The van der Waals surface area contributed by atoms with Crippen LogP contribution in [0.4, 0.5) is 4.39 Å². The fourth-order valence-corrected chi connectivity index (χ4v) is 5.95. The fraction of sp³-hybridized carbons (Fsp3) is 0.250. The first-order valence-corrected chi connectivity index (χ1v) is 12.7. The molecule has 36 heavy (non-hydrogen) atoms. The van der Waals surface area contributed by atoms with Crippen LogP contribution >= 0.6 is 41.0 Å². The summed E-state index contributed by atoms with van der Waals surface area (Å²) in [6, 6.07) is 19.4. The largest absolute Gasteiger partial charge is 0.389 e. The van der Waals surface area contributed by atoms with Gasteiger partial charge in [0.1, 0.15) is 5.82 Å². The van der Waals surface area contributed by atoms with Gasteiger partial charge < -0.3 is 15.4 Å². The predicted molar refractivity (Wildman–Crippen MR) is 152 cm³/mol. The average Bonchev–Trinajstić information content (AvgIpc) is 2.80. The molecule has 4 nitrogen and oxygen atoms in total. The molecular weight excluding hydrogens is 563 g/mol. The lowest BCUT2D eigenvalue weighted by Gasteiger charge is -2.43. The molecular formula is C28H27BrClFN2O2S. The smallest absolute Gasteiger partial charge is 0.252 e. The molecule has 0 aliphatic carbocycles. The van der Waals surface area contributed by atoms with Gasteiger partial charge in [-0.2, -0.15) is 13.5 Å². The molecule has 8 heteroatoms. The highest BCUT2D eigenvalue weighted by Gasteiger charge is 2.44. The van der Waals surface area contributed by atoms with E-state index in [1.807, 2.05) is 49.4 Å². The third-order valence-corrected chi connectivity index (χ3v) is 7.71. The Morgan fingerprint density at radius 3 is 2.69 bits per heavy atom. The number of nitrogens with one attached hydrogen (secondary N) is 2. The number of aromatic nitrogens is 1. The van der Waals surface area contributed by atoms with Gasteiger partial charge in [0.25, 0.3) is 5.56 Å². The number of benzene rings is 3. The van der Waals surface area contributed by atoms with Gasteiger partial charge in [-0.25, -0.2) is 4.39 Å². The van der Waals surface area contributed by atoms with Gasteiger partial charge in [0.05, 0.1) is 5.60 Å². The van der Waals surface area contributed by atoms with E-state index in [1.165, 1.54) is 12.1 Å². The van der Waals surface area contributed by atoms with Crippen molar-refractivity contribution in [3.8, 4) is 0 Å². The molecule has 4 aromatic rings. The maximum absolute atomic E-state index is 13.8. The fourth-order valence-electron chi connectivity index (χ4n) is 5.38. The van der Waals surface area contributed by atoms with E-state index in [-0.39, 0.29) is 30.9 Å². The Kier molecular flexibility index (Phi) is 7.98. The van der Waals surface area contributed by atoms with E-state index in [0.717, 1.165) is 32.1 Å². The van der Waals surface area contributed by atoms with Crippen molar-refractivity contribution >= 4 is 51.9 Å². The lowest BCUT2D eigenvalue weighted by Crippen LogP contribution is -2.49. The third kappa shape index (κ3) is 5.27. The highest BCUT2D eigenvalue weighted by atomic mass is 79.9. The first kappa shape index (κ1) is 26.9. The van der Waals surface area contributed by atoms with Gasteiger partial charge in [-0.1, -0.05) is 45.7 Å². The van der Waals surface area contributed by atoms with Crippen molar-refractivity contribution in [2.24, 2.45) is 0 Å². The lowest BCUT2D eigenvalue weighted by atomic mass is 9.70. The van der Waals surface area contributed by atoms with Crippen LogP contribution in [0.15, 0.2) is 76.0 Å². The van der Waals surface area contributed by atoms with Crippen molar-refractivity contribution in [1.29, 1.82) is 0 Å². The van der Waals surface area contributed by atoms with Crippen LogP contribution in [0.2, 0.25) is 5.02 Å². The SMILES string of the molecule is Cc1cc(F)ccc1C1CC(O)(C(c2cccc(Cl)c2)c2cc3cc(Br)ccc3[nH]c2=O)CCN1.S. The summed E-state index contributed by atoms with van der Waals surface area (Å²) in [5.74, 6) is -0.901. The number of aromatic amines is 1. The molecule has 3 aromatic carbocycles. The normalized spacial score (nSPS) is 20.6. The number of halogens is 3. The number of aryl methyl sites for hydroxylation is 1. The van der Waals surface area contributed by atoms with Gasteiger partial charge in [-0.15, -0.1) is 0 Å². The predicted octanol–water partition coefficient (Wildman–Crippen LogP) is 6.49. The van der Waals surface area contributed by atoms with Crippen molar-refractivity contribution in [3.63, 3.8) is 0 Å². The molecule has 3 atom stereocenters. The van der Waals surface area contributed by atoms with Gasteiger partial charge in [-0.05, 0) is 96.9 Å². The zero-order valence-electron chi connectivity index (χ0n) is 19.6. The number of piperidine rings is 1. The summed E-state index contributed by atoms with van der Waals surface area (Å²) < 4.78 is 14.7. The first-order valence-electron chi connectivity index (χ1n) is 11.5. The molecule has 188 valence electrons. The summed E-state index contributed by atoms with van der Waals surface area (Å²) >= 11 is 9.86. The summed E-state index contributed by atoms with van der Waals surface area (Å²) in [4.78, 5) is 16.4.